The van der Waals surface area contributed by atoms with Crippen molar-refractivity contribution in [3.8, 4) is 0 Å². The van der Waals surface area contributed by atoms with Crippen LogP contribution in [0.1, 0.15) is 28.1 Å². The summed E-state index contributed by atoms with van der Waals surface area (Å²) in [5.74, 6) is -0.841. The maximum Gasteiger partial charge on any atom is 0.328 e. The van der Waals surface area contributed by atoms with Crippen LogP contribution in [0.4, 0.5) is 0 Å². The van der Waals surface area contributed by atoms with Crippen molar-refractivity contribution in [2.75, 3.05) is 13.7 Å². The van der Waals surface area contributed by atoms with E-state index in [0.717, 1.165) is 16.2 Å². The highest BCUT2D eigenvalue weighted by Gasteiger charge is 2.35. The van der Waals surface area contributed by atoms with E-state index in [9.17, 15) is 18.0 Å². The molecule has 1 amide bonds. The lowest BCUT2D eigenvalue weighted by Gasteiger charge is -2.22. The van der Waals surface area contributed by atoms with Gasteiger partial charge in [-0.2, -0.15) is 0 Å². The number of ether oxygens (including phenoxy) is 1. The number of esters is 1. The molecule has 1 saturated heterocycles. The van der Waals surface area contributed by atoms with Crippen LogP contribution < -0.4 is 5.73 Å². The maximum atomic E-state index is 12.9. The summed E-state index contributed by atoms with van der Waals surface area (Å²) in [5, 5.41) is 0. The molecule has 2 N–H and O–H groups in total. The second-order valence-electron chi connectivity index (χ2n) is 6.14. The van der Waals surface area contributed by atoms with Gasteiger partial charge in [0.25, 0.3) is 5.91 Å². The van der Waals surface area contributed by atoms with Crippen molar-refractivity contribution in [2.45, 2.75) is 34.5 Å². The van der Waals surface area contributed by atoms with Crippen LogP contribution in [0.15, 0.2) is 45.5 Å². The highest BCUT2D eigenvalue weighted by Crippen LogP contribution is 2.29. The maximum absolute atomic E-state index is 12.9. The van der Waals surface area contributed by atoms with Crippen LogP contribution in [0, 0.1) is 0 Å². The number of methoxy groups -OCH3 is 1. The first-order valence-corrected chi connectivity index (χ1v) is 10.7. The molecule has 10 heteroatoms. The first-order chi connectivity index (χ1) is 12.9. The van der Waals surface area contributed by atoms with E-state index in [1.54, 1.807) is 12.1 Å². The van der Waals surface area contributed by atoms with E-state index in [1.807, 2.05) is 0 Å². The number of thiophene rings is 1. The zero-order valence-corrected chi connectivity index (χ0v) is 17.6. The Labute approximate surface area is 173 Å². The molecule has 1 aliphatic rings. The Kier molecular flexibility index (Phi) is 7.22. The van der Waals surface area contributed by atoms with Gasteiger partial charge in [0, 0.05) is 23.5 Å². The van der Waals surface area contributed by atoms with Crippen LogP contribution in [0.2, 0.25) is 0 Å². The topological polar surface area (TPSA) is 107 Å². The average Bonchev–Trinajstić information content (AvgIpc) is 3.36. The van der Waals surface area contributed by atoms with Crippen molar-refractivity contribution in [1.82, 2.24) is 4.90 Å². The number of nitrogens with zero attached hydrogens (tertiary/aromatic N) is 1. The van der Waals surface area contributed by atoms with E-state index < -0.39 is 21.8 Å². The highest BCUT2D eigenvalue weighted by atomic mass is 35.5. The third kappa shape index (κ3) is 4.22. The predicted octanol–water partition coefficient (Wildman–Crippen LogP) is 2.24. The van der Waals surface area contributed by atoms with E-state index in [1.165, 1.54) is 36.3 Å². The Morgan fingerprint density at radius 1 is 1.29 bits per heavy atom. The first-order valence-electron chi connectivity index (χ1n) is 8.41. The fraction of sp³-hybridized carbons (Fsp3) is 0.333. The summed E-state index contributed by atoms with van der Waals surface area (Å²) in [4.78, 5) is 27.0. The molecule has 152 valence electrons. The Bertz CT molecular complexity index is 974. The molecule has 1 fully saturated rings. The number of hydrogen-bond donors (Lipinski definition) is 1. The lowest BCUT2D eigenvalue weighted by Crippen LogP contribution is -2.41. The third-order valence-electron chi connectivity index (χ3n) is 4.48. The largest absolute Gasteiger partial charge is 0.467 e. The van der Waals surface area contributed by atoms with E-state index in [0.29, 0.717) is 19.4 Å². The van der Waals surface area contributed by atoms with Gasteiger partial charge in [-0.1, -0.05) is 6.07 Å². The molecule has 1 aromatic heterocycles. The predicted molar refractivity (Wildman–Crippen MR) is 107 cm³/mol. The van der Waals surface area contributed by atoms with Crippen molar-refractivity contribution < 1.29 is 22.7 Å². The van der Waals surface area contributed by atoms with Gasteiger partial charge in [-0.3, -0.25) is 4.79 Å². The van der Waals surface area contributed by atoms with Crippen molar-refractivity contribution in [3.05, 3.63) is 46.8 Å². The molecule has 1 aromatic carbocycles. The number of rotatable bonds is 5. The van der Waals surface area contributed by atoms with Gasteiger partial charge in [0.1, 0.15) is 10.3 Å². The van der Waals surface area contributed by atoms with Gasteiger partial charge < -0.3 is 15.4 Å². The molecule has 0 unspecified atom stereocenters. The van der Waals surface area contributed by atoms with E-state index in [4.69, 9.17) is 10.5 Å². The summed E-state index contributed by atoms with van der Waals surface area (Å²) in [5.41, 5.74) is 5.78. The van der Waals surface area contributed by atoms with Crippen LogP contribution in [-0.4, -0.2) is 44.9 Å². The molecule has 0 bridgehead atoms. The van der Waals surface area contributed by atoms with Gasteiger partial charge >= 0.3 is 5.97 Å². The molecule has 0 saturated carbocycles. The number of likely N-dealkylation sites (tertiary alicyclic amines) is 1. The number of carbonyl (C=O) groups is 2. The zero-order chi connectivity index (χ0) is 19.6. The van der Waals surface area contributed by atoms with Crippen LogP contribution in [0.25, 0.3) is 0 Å². The third-order valence-corrected chi connectivity index (χ3v) is 7.83. The van der Waals surface area contributed by atoms with Gasteiger partial charge in [-0.25, -0.2) is 13.2 Å². The quantitative estimate of drug-likeness (QED) is 0.708. The monoisotopic (exact) mass is 444 g/mol. The number of halogens is 1. The lowest BCUT2D eigenvalue weighted by atomic mass is 10.1. The smallest absolute Gasteiger partial charge is 0.328 e. The van der Waals surface area contributed by atoms with Crippen molar-refractivity contribution in [1.29, 1.82) is 0 Å². The molecule has 0 aliphatic carbocycles. The van der Waals surface area contributed by atoms with Crippen LogP contribution in [0.3, 0.4) is 0 Å². The molecule has 7 nitrogen and oxygen atoms in total. The molecule has 2 aromatic rings. The minimum absolute atomic E-state index is 0. The average molecular weight is 445 g/mol. The van der Waals surface area contributed by atoms with Gasteiger partial charge in [-0.15, -0.1) is 23.7 Å². The Morgan fingerprint density at radius 2 is 2.04 bits per heavy atom. The number of carbonyl (C=O) groups excluding carboxylic acids is 2. The second-order valence-corrected chi connectivity index (χ2v) is 9.48. The first kappa shape index (κ1) is 22.4. The molecular formula is C18H21ClN2O5S2. The Balaban J connectivity index is 0.00000280. The van der Waals surface area contributed by atoms with E-state index in [2.05, 4.69) is 0 Å². The molecule has 1 aliphatic heterocycles. The van der Waals surface area contributed by atoms with Gasteiger partial charge in [0.05, 0.1) is 12.0 Å². The Hall–Kier alpha value is -1.94. The summed E-state index contributed by atoms with van der Waals surface area (Å²) < 4.78 is 30.6. The van der Waals surface area contributed by atoms with Crippen molar-refractivity contribution in [2.24, 2.45) is 5.73 Å². The van der Waals surface area contributed by atoms with Gasteiger partial charge in [0.2, 0.25) is 9.84 Å². The number of benzene rings is 1. The Morgan fingerprint density at radius 3 is 2.68 bits per heavy atom. The normalized spacial score (nSPS) is 16.5. The molecule has 2 heterocycles. The molecule has 28 heavy (non-hydrogen) atoms. The standard InChI is InChI=1S/C18H20N2O5S2.ClH/c1-25-18(22)15-6-3-9-20(15)17(21)12-4-2-5-14(10-12)27(23,24)16-8-7-13(11-19)26-16;/h2,4-5,7-8,10,15H,3,6,9,11,19H2,1H3;1H/t15-;/m1./s1. The van der Waals surface area contributed by atoms with Crippen molar-refractivity contribution in [3.63, 3.8) is 0 Å². The zero-order valence-electron chi connectivity index (χ0n) is 15.2. The van der Waals surface area contributed by atoms with E-state index in [-0.39, 0.29) is 39.5 Å². The SMILES string of the molecule is COC(=O)[C@H]1CCCN1C(=O)c1cccc(S(=O)(=O)c2ccc(CN)s2)c1.Cl. The molecule has 1 atom stereocenters. The fourth-order valence-electron chi connectivity index (χ4n) is 3.08. The molecule has 0 radical (unpaired) electrons. The molecule has 0 spiro atoms. The van der Waals surface area contributed by atoms with Crippen LogP contribution in [-0.2, 0) is 25.9 Å². The fourth-order valence-corrected chi connectivity index (χ4v) is 5.76. The molecular weight excluding hydrogens is 424 g/mol. The second kappa shape index (κ2) is 9.04. The van der Waals surface area contributed by atoms with Crippen molar-refractivity contribution >= 4 is 45.5 Å². The van der Waals surface area contributed by atoms with Gasteiger partial charge in [0.15, 0.2) is 0 Å². The summed E-state index contributed by atoms with van der Waals surface area (Å²) in [6, 6.07) is 8.45. The minimum Gasteiger partial charge on any atom is -0.467 e. The summed E-state index contributed by atoms with van der Waals surface area (Å²) in [6.07, 6.45) is 1.23. The summed E-state index contributed by atoms with van der Waals surface area (Å²) >= 11 is 1.11. The van der Waals surface area contributed by atoms with Gasteiger partial charge in [-0.05, 0) is 43.2 Å². The van der Waals surface area contributed by atoms with E-state index >= 15 is 0 Å². The molecule has 3 rings (SSSR count). The minimum atomic E-state index is -3.74. The number of hydrogen-bond acceptors (Lipinski definition) is 7. The summed E-state index contributed by atoms with van der Waals surface area (Å²) in [6.45, 7) is 0.697. The number of nitrogens with two attached hydrogens (primary N) is 1. The number of amides is 1. The van der Waals surface area contributed by atoms with Crippen LogP contribution in [0.5, 0.6) is 0 Å². The number of sulfone groups is 1. The lowest BCUT2D eigenvalue weighted by molar-refractivity contribution is -0.145. The summed E-state index contributed by atoms with van der Waals surface area (Å²) in [7, 11) is -2.46. The van der Waals surface area contributed by atoms with Crippen LogP contribution >= 0.6 is 23.7 Å². The highest BCUT2D eigenvalue weighted by molar-refractivity contribution is 7.93.